The standard InChI is InChI=1S/C10H6F3N3O3S/c11-10(12,13)6-3-7-9(8(4-6)16(17)18)20(19)5-15(7)2-1-14/h3-4H,2,5H2. The molecule has 0 fully saturated rings. The van der Waals surface area contributed by atoms with Crippen LogP contribution in [0.15, 0.2) is 17.0 Å². The Balaban J connectivity index is 2.70. The normalized spacial score (nSPS) is 17.7. The van der Waals surface area contributed by atoms with Crippen LogP contribution in [0.5, 0.6) is 0 Å². The molecule has 6 nitrogen and oxygen atoms in total. The average Bonchev–Trinajstić information content (AvgIpc) is 2.65. The Bertz CT molecular complexity index is 654. The van der Waals surface area contributed by atoms with Gasteiger partial charge in [-0.2, -0.15) is 18.4 Å². The van der Waals surface area contributed by atoms with Gasteiger partial charge in [0.2, 0.25) is 0 Å². The Labute approximate surface area is 113 Å². The zero-order valence-electron chi connectivity index (χ0n) is 9.68. The highest BCUT2D eigenvalue weighted by Crippen LogP contribution is 2.43. The molecule has 1 aliphatic heterocycles. The van der Waals surface area contributed by atoms with Gasteiger partial charge in [-0.15, -0.1) is 0 Å². The minimum atomic E-state index is -4.76. The summed E-state index contributed by atoms with van der Waals surface area (Å²) in [5, 5.41) is 19.5. The van der Waals surface area contributed by atoms with E-state index in [0.717, 1.165) is 4.90 Å². The highest BCUT2D eigenvalue weighted by atomic mass is 32.2. The first-order valence-corrected chi connectivity index (χ1v) is 6.47. The lowest BCUT2D eigenvalue weighted by Gasteiger charge is -2.15. The Kier molecular flexibility index (Phi) is 3.39. The monoisotopic (exact) mass is 305 g/mol. The molecule has 0 radical (unpaired) electrons. The third-order valence-electron chi connectivity index (χ3n) is 2.68. The van der Waals surface area contributed by atoms with Gasteiger partial charge in [0.25, 0.3) is 5.69 Å². The van der Waals surface area contributed by atoms with Gasteiger partial charge >= 0.3 is 6.18 Å². The van der Waals surface area contributed by atoms with Crippen molar-refractivity contribution < 1.29 is 22.3 Å². The van der Waals surface area contributed by atoms with Crippen LogP contribution in [0.4, 0.5) is 24.5 Å². The molecular formula is C10H6F3N3O3S. The lowest BCUT2D eigenvalue weighted by atomic mass is 10.1. The third-order valence-corrected chi connectivity index (χ3v) is 4.10. The van der Waals surface area contributed by atoms with Gasteiger partial charge in [-0.25, -0.2) is 0 Å². The zero-order chi connectivity index (χ0) is 15.1. The number of benzene rings is 1. The Morgan fingerprint density at radius 2 is 2.15 bits per heavy atom. The molecule has 0 aliphatic carbocycles. The molecule has 0 saturated heterocycles. The van der Waals surface area contributed by atoms with Crippen LogP contribution < -0.4 is 4.90 Å². The lowest BCUT2D eigenvalue weighted by Crippen LogP contribution is -2.21. The predicted octanol–water partition coefficient (Wildman–Crippen LogP) is 2.02. The number of nitriles is 1. The van der Waals surface area contributed by atoms with Crippen molar-refractivity contribution >= 4 is 22.2 Å². The molecule has 20 heavy (non-hydrogen) atoms. The van der Waals surface area contributed by atoms with Crippen LogP contribution in [0.1, 0.15) is 5.56 Å². The second-order valence-corrected chi connectivity index (χ2v) is 5.29. The van der Waals surface area contributed by atoms with Gasteiger partial charge in [-0.05, 0) is 6.07 Å². The van der Waals surface area contributed by atoms with Crippen molar-refractivity contribution in [1.82, 2.24) is 0 Å². The summed E-state index contributed by atoms with van der Waals surface area (Å²) in [6.07, 6.45) is -4.76. The fraction of sp³-hybridized carbons (Fsp3) is 0.300. The third kappa shape index (κ3) is 2.32. The van der Waals surface area contributed by atoms with Gasteiger partial charge in [-0.3, -0.25) is 14.3 Å². The molecule has 0 amide bonds. The molecule has 0 aromatic heterocycles. The van der Waals surface area contributed by atoms with Crippen molar-refractivity contribution in [2.45, 2.75) is 11.1 Å². The smallest absolute Gasteiger partial charge is 0.345 e. The van der Waals surface area contributed by atoms with Gasteiger partial charge in [0.15, 0.2) is 0 Å². The number of rotatable bonds is 2. The van der Waals surface area contributed by atoms with E-state index in [1.807, 2.05) is 0 Å². The first-order valence-electron chi connectivity index (χ1n) is 5.15. The number of hydrogen-bond acceptors (Lipinski definition) is 5. The molecule has 1 heterocycles. The van der Waals surface area contributed by atoms with Crippen molar-refractivity contribution in [3.63, 3.8) is 0 Å². The molecule has 0 bridgehead atoms. The maximum Gasteiger partial charge on any atom is 0.416 e. The highest BCUT2D eigenvalue weighted by molar-refractivity contribution is 7.85. The van der Waals surface area contributed by atoms with Crippen LogP contribution in [0.25, 0.3) is 0 Å². The summed E-state index contributed by atoms with van der Waals surface area (Å²) in [6.45, 7) is -0.294. The van der Waals surface area contributed by atoms with Crippen LogP contribution in [0, 0.1) is 21.4 Å². The molecule has 0 N–H and O–H groups in total. The summed E-state index contributed by atoms with van der Waals surface area (Å²) < 4.78 is 50.0. The topological polar surface area (TPSA) is 87.2 Å². The van der Waals surface area contributed by atoms with E-state index in [4.69, 9.17) is 5.26 Å². The van der Waals surface area contributed by atoms with E-state index in [1.54, 1.807) is 6.07 Å². The summed E-state index contributed by atoms with van der Waals surface area (Å²) >= 11 is 0. The number of nitro benzene ring substituents is 1. The molecule has 1 unspecified atom stereocenters. The van der Waals surface area contributed by atoms with E-state index in [1.165, 1.54) is 0 Å². The number of anilines is 1. The minimum absolute atomic E-state index is 0.175. The number of alkyl halides is 3. The molecule has 2 rings (SSSR count). The highest BCUT2D eigenvalue weighted by Gasteiger charge is 2.39. The van der Waals surface area contributed by atoms with Gasteiger partial charge < -0.3 is 4.90 Å². The lowest BCUT2D eigenvalue weighted by molar-refractivity contribution is -0.387. The van der Waals surface area contributed by atoms with Crippen molar-refractivity contribution in [3.05, 3.63) is 27.8 Å². The second kappa shape index (κ2) is 4.75. The van der Waals surface area contributed by atoms with Crippen LogP contribution in [0.3, 0.4) is 0 Å². The molecule has 106 valence electrons. The van der Waals surface area contributed by atoms with Gasteiger partial charge in [0.05, 0.1) is 38.9 Å². The molecule has 1 aliphatic rings. The average molecular weight is 305 g/mol. The SMILES string of the molecule is N#CCN1CS(=O)c2c1cc(C(F)(F)F)cc2[N+](=O)[O-]. The maximum atomic E-state index is 12.7. The number of fused-ring (bicyclic) bond motifs is 1. The minimum Gasteiger partial charge on any atom is -0.345 e. The van der Waals surface area contributed by atoms with Crippen LogP contribution in [-0.2, 0) is 17.0 Å². The Morgan fingerprint density at radius 3 is 2.65 bits per heavy atom. The summed E-state index contributed by atoms with van der Waals surface area (Å²) in [6, 6.07) is 2.77. The number of halogens is 3. The second-order valence-electron chi connectivity index (χ2n) is 3.93. The van der Waals surface area contributed by atoms with Gasteiger partial charge in [0.1, 0.15) is 11.4 Å². The molecule has 1 aromatic carbocycles. The van der Waals surface area contributed by atoms with E-state index in [2.05, 4.69) is 0 Å². The quantitative estimate of drug-likeness (QED) is 0.474. The Hall–Kier alpha value is -2.15. The molecular weight excluding hydrogens is 299 g/mol. The van der Waals surface area contributed by atoms with Crippen molar-refractivity contribution in [3.8, 4) is 6.07 Å². The van der Waals surface area contributed by atoms with Gasteiger partial charge in [0, 0.05) is 6.07 Å². The molecule has 0 spiro atoms. The van der Waals surface area contributed by atoms with E-state index in [0.29, 0.717) is 12.1 Å². The molecule has 1 atom stereocenters. The number of hydrogen-bond donors (Lipinski definition) is 0. The molecule has 10 heteroatoms. The van der Waals surface area contributed by atoms with Crippen molar-refractivity contribution in [2.24, 2.45) is 0 Å². The fourth-order valence-corrected chi connectivity index (χ4v) is 3.29. The van der Waals surface area contributed by atoms with Crippen LogP contribution >= 0.6 is 0 Å². The number of nitro groups is 1. The summed E-state index contributed by atoms with van der Waals surface area (Å²) in [5.41, 5.74) is -2.22. The van der Waals surface area contributed by atoms with Gasteiger partial charge in [-0.1, -0.05) is 0 Å². The fourth-order valence-electron chi connectivity index (χ4n) is 1.86. The summed E-state index contributed by atoms with van der Waals surface area (Å²) in [5.74, 6) is -0.231. The zero-order valence-corrected chi connectivity index (χ0v) is 10.5. The summed E-state index contributed by atoms with van der Waals surface area (Å²) in [7, 11) is -1.83. The van der Waals surface area contributed by atoms with E-state index in [9.17, 15) is 27.5 Å². The molecule has 0 saturated carbocycles. The Morgan fingerprint density at radius 1 is 1.50 bits per heavy atom. The molecule has 1 aromatic rings. The van der Waals surface area contributed by atoms with Crippen LogP contribution in [-0.4, -0.2) is 21.6 Å². The predicted molar refractivity (Wildman–Crippen MR) is 62.3 cm³/mol. The first kappa shape index (κ1) is 14.3. The van der Waals surface area contributed by atoms with Crippen molar-refractivity contribution in [2.75, 3.05) is 17.3 Å². The first-order chi connectivity index (χ1) is 9.25. The maximum absolute atomic E-state index is 12.7. The largest absolute Gasteiger partial charge is 0.416 e. The van der Waals surface area contributed by atoms with E-state index >= 15 is 0 Å². The van der Waals surface area contributed by atoms with E-state index in [-0.39, 0.29) is 23.0 Å². The van der Waals surface area contributed by atoms with Crippen LogP contribution in [0.2, 0.25) is 0 Å². The van der Waals surface area contributed by atoms with Crippen molar-refractivity contribution in [1.29, 1.82) is 5.26 Å². The number of nitrogens with zero attached hydrogens (tertiary/aromatic N) is 3. The van der Waals surface area contributed by atoms with E-state index < -0.39 is 33.2 Å². The summed E-state index contributed by atoms with van der Waals surface area (Å²) in [4.78, 5) is 10.7.